The van der Waals surface area contributed by atoms with Gasteiger partial charge in [-0.15, -0.1) is 0 Å². The molecule has 2 atom stereocenters. The minimum absolute atomic E-state index is 0.625. The molecule has 0 aliphatic heterocycles. The van der Waals surface area contributed by atoms with Gasteiger partial charge in [0.05, 0.1) is 13.3 Å². The normalized spacial score (nSPS) is 24.2. The Bertz CT molecular complexity index is 406. The zero-order valence-electron chi connectivity index (χ0n) is 13.1. The van der Waals surface area contributed by atoms with Crippen LogP contribution in [0.1, 0.15) is 50.0 Å². The van der Waals surface area contributed by atoms with Crippen LogP contribution >= 0.6 is 0 Å². The molecule has 0 bridgehead atoms. The smallest absolute Gasteiger partial charge is 0.137 e. The average Bonchev–Trinajstić information content (AvgIpc) is 2.42. The first-order chi connectivity index (χ1) is 9.70. The molecular weight excluding hydrogens is 248 g/mol. The molecule has 2 rings (SSSR count). The molecule has 1 heterocycles. The standard InChI is InChI=1S/C17H28N2O/c1-19(2)13-14-8-6-4-5-7-9-17(14)15-10-16(20-3)12-18-11-15/h10-12,14,17H,4-9,13H2,1-3H3/t14-,17-/m0/s1. The summed E-state index contributed by atoms with van der Waals surface area (Å²) in [6.45, 7) is 1.17. The van der Waals surface area contributed by atoms with Gasteiger partial charge in [-0.25, -0.2) is 0 Å². The van der Waals surface area contributed by atoms with Crippen LogP contribution < -0.4 is 4.74 Å². The van der Waals surface area contributed by atoms with Gasteiger partial charge in [-0.1, -0.05) is 25.7 Å². The number of nitrogens with zero attached hydrogens (tertiary/aromatic N) is 2. The van der Waals surface area contributed by atoms with Crippen LogP contribution in [0.25, 0.3) is 0 Å². The van der Waals surface area contributed by atoms with E-state index in [2.05, 4.69) is 30.0 Å². The summed E-state index contributed by atoms with van der Waals surface area (Å²) in [4.78, 5) is 6.69. The van der Waals surface area contributed by atoms with E-state index in [4.69, 9.17) is 4.74 Å². The molecule has 1 aromatic heterocycles. The molecular formula is C17H28N2O. The summed E-state index contributed by atoms with van der Waals surface area (Å²) >= 11 is 0. The molecule has 0 spiro atoms. The molecule has 0 amide bonds. The summed E-state index contributed by atoms with van der Waals surface area (Å²) in [7, 11) is 6.08. The highest BCUT2D eigenvalue weighted by atomic mass is 16.5. The van der Waals surface area contributed by atoms with Gasteiger partial charge < -0.3 is 9.64 Å². The number of aromatic nitrogens is 1. The number of ether oxygens (including phenoxy) is 1. The monoisotopic (exact) mass is 276 g/mol. The van der Waals surface area contributed by atoms with Crippen molar-refractivity contribution in [2.75, 3.05) is 27.7 Å². The maximum Gasteiger partial charge on any atom is 0.137 e. The molecule has 20 heavy (non-hydrogen) atoms. The van der Waals surface area contributed by atoms with E-state index >= 15 is 0 Å². The van der Waals surface area contributed by atoms with Gasteiger partial charge in [0.1, 0.15) is 5.75 Å². The van der Waals surface area contributed by atoms with Crippen LogP contribution in [0, 0.1) is 5.92 Å². The number of hydrogen-bond acceptors (Lipinski definition) is 3. The van der Waals surface area contributed by atoms with Gasteiger partial charge in [0.25, 0.3) is 0 Å². The predicted molar refractivity (Wildman–Crippen MR) is 83.3 cm³/mol. The second kappa shape index (κ2) is 7.63. The van der Waals surface area contributed by atoms with Crippen molar-refractivity contribution in [1.82, 2.24) is 9.88 Å². The third-order valence-corrected chi connectivity index (χ3v) is 4.41. The number of rotatable bonds is 4. The van der Waals surface area contributed by atoms with Gasteiger partial charge in [0.15, 0.2) is 0 Å². The van der Waals surface area contributed by atoms with E-state index in [-0.39, 0.29) is 0 Å². The Morgan fingerprint density at radius 1 is 1.15 bits per heavy atom. The summed E-state index contributed by atoms with van der Waals surface area (Å²) in [5.74, 6) is 2.24. The lowest BCUT2D eigenvalue weighted by Crippen LogP contribution is -2.27. The predicted octanol–water partition coefficient (Wildman–Crippen LogP) is 3.71. The fourth-order valence-electron chi connectivity index (χ4n) is 3.44. The molecule has 0 unspecified atom stereocenters. The minimum Gasteiger partial charge on any atom is -0.495 e. The summed E-state index contributed by atoms with van der Waals surface area (Å²) in [6, 6.07) is 2.18. The number of methoxy groups -OCH3 is 1. The highest BCUT2D eigenvalue weighted by molar-refractivity contribution is 5.27. The maximum atomic E-state index is 5.35. The number of pyridine rings is 1. The van der Waals surface area contributed by atoms with Crippen molar-refractivity contribution in [2.45, 2.75) is 44.4 Å². The third kappa shape index (κ3) is 4.20. The van der Waals surface area contributed by atoms with E-state index in [0.717, 1.165) is 11.7 Å². The first kappa shape index (κ1) is 15.3. The Balaban J connectivity index is 2.20. The fraction of sp³-hybridized carbons (Fsp3) is 0.706. The number of hydrogen-bond donors (Lipinski definition) is 0. The Hall–Kier alpha value is -1.09. The van der Waals surface area contributed by atoms with Gasteiger partial charge in [-0.3, -0.25) is 4.98 Å². The van der Waals surface area contributed by atoms with Crippen molar-refractivity contribution in [3.8, 4) is 5.75 Å². The summed E-state index contributed by atoms with van der Waals surface area (Å²) in [5.41, 5.74) is 1.36. The van der Waals surface area contributed by atoms with Crippen molar-refractivity contribution in [1.29, 1.82) is 0 Å². The molecule has 1 saturated carbocycles. The van der Waals surface area contributed by atoms with Crippen LogP contribution in [0.15, 0.2) is 18.5 Å². The van der Waals surface area contributed by atoms with E-state index in [0.29, 0.717) is 5.92 Å². The second-order valence-corrected chi connectivity index (χ2v) is 6.28. The van der Waals surface area contributed by atoms with Crippen LogP contribution in [0.5, 0.6) is 5.75 Å². The van der Waals surface area contributed by atoms with Crippen molar-refractivity contribution < 1.29 is 4.74 Å². The summed E-state index contributed by atoms with van der Waals surface area (Å²) in [6.07, 6.45) is 11.9. The Morgan fingerprint density at radius 3 is 2.60 bits per heavy atom. The maximum absolute atomic E-state index is 5.35. The Labute approximate surface area is 123 Å². The zero-order valence-corrected chi connectivity index (χ0v) is 13.1. The van der Waals surface area contributed by atoms with Crippen LogP contribution in [0.4, 0.5) is 0 Å². The van der Waals surface area contributed by atoms with E-state index < -0.39 is 0 Å². The molecule has 1 fully saturated rings. The van der Waals surface area contributed by atoms with Crippen molar-refractivity contribution in [3.63, 3.8) is 0 Å². The topological polar surface area (TPSA) is 25.4 Å². The fourth-order valence-corrected chi connectivity index (χ4v) is 3.44. The van der Waals surface area contributed by atoms with E-state index in [1.165, 1.54) is 50.6 Å². The second-order valence-electron chi connectivity index (χ2n) is 6.28. The van der Waals surface area contributed by atoms with Crippen molar-refractivity contribution >= 4 is 0 Å². The van der Waals surface area contributed by atoms with Gasteiger partial charge >= 0.3 is 0 Å². The Kier molecular flexibility index (Phi) is 5.84. The van der Waals surface area contributed by atoms with E-state index in [1.807, 2.05) is 6.20 Å². The van der Waals surface area contributed by atoms with E-state index in [1.54, 1.807) is 13.3 Å². The summed E-state index contributed by atoms with van der Waals surface area (Å²) < 4.78 is 5.35. The molecule has 112 valence electrons. The molecule has 1 aliphatic carbocycles. The van der Waals surface area contributed by atoms with Crippen LogP contribution in [0.2, 0.25) is 0 Å². The Morgan fingerprint density at radius 2 is 1.90 bits per heavy atom. The van der Waals surface area contributed by atoms with Gasteiger partial charge in [-0.05, 0) is 50.4 Å². The highest BCUT2D eigenvalue weighted by Gasteiger charge is 2.25. The van der Waals surface area contributed by atoms with Crippen LogP contribution in [0.3, 0.4) is 0 Å². The first-order valence-electron chi connectivity index (χ1n) is 7.84. The largest absolute Gasteiger partial charge is 0.495 e. The third-order valence-electron chi connectivity index (χ3n) is 4.41. The molecule has 0 radical (unpaired) electrons. The van der Waals surface area contributed by atoms with Crippen LogP contribution in [-0.4, -0.2) is 37.6 Å². The molecule has 0 saturated heterocycles. The molecule has 0 aromatic carbocycles. The van der Waals surface area contributed by atoms with Crippen LogP contribution in [-0.2, 0) is 0 Å². The van der Waals surface area contributed by atoms with Crippen molar-refractivity contribution in [3.05, 3.63) is 24.0 Å². The highest BCUT2D eigenvalue weighted by Crippen LogP contribution is 2.36. The van der Waals surface area contributed by atoms with Crippen molar-refractivity contribution in [2.24, 2.45) is 5.92 Å². The molecule has 1 aromatic rings. The minimum atomic E-state index is 0.625. The first-order valence-corrected chi connectivity index (χ1v) is 7.84. The lowest BCUT2D eigenvalue weighted by Gasteiger charge is -2.31. The molecule has 3 heteroatoms. The SMILES string of the molecule is COc1cncc([C@H]2CCCCCC[C@H]2CN(C)C)c1. The van der Waals surface area contributed by atoms with Gasteiger partial charge in [0.2, 0.25) is 0 Å². The molecule has 1 aliphatic rings. The average molecular weight is 276 g/mol. The zero-order chi connectivity index (χ0) is 14.4. The quantitative estimate of drug-likeness (QED) is 0.838. The molecule has 0 N–H and O–H groups in total. The summed E-state index contributed by atoms with van der Waals surface area (Å²) in [5, 5.41) is 0. The van der Waals surface area contributed by atoms with Gasteiger partial charge in [0, 0.05) is 12.7 Å². The van der Waals surface area contributed by atoms with E-state index in [9.17, 15) is 0 Å². The lowest BCUT2D eigenvalue weighted by atomic mass is 9.78. The van der Waals surface area contributed by atoms with Gasteiger partial charge in [-0.2, -0.15) is 0 Å². The molecule has 3 nitrogen and oxygen atoms in total. The lowest BCUT2D eigenvalue weighted by molar-refractivity contribution is 0.248.